The van der Waals surface area contributed by atoms with Crippen LogP contribution in [0.2, 0.25) is 0 Å². The molecule has 0 spiro atoms. The normalized spacial score (nSPS) is 15.2. The van der Waals surface area contributed by atoms with E-state index in [1.165, 1.54) is 0 Å². The van der Waals surface area contributed by atoms with Crippen molar-refractivity contribution in [1.29, 1.82) is 0 Å². The monoisotopic (exact) mass is 341 g/mol. The van der Waals surface area contributed by atoms with Gasteiger partial charge in [-0.25, -0.2) is 4.79 Å². The molecule has 0 unspecified atom stereocenters. The highest BCUT2D eigenvalue weighted by Gasteiger charge is 2.22. The Hall–Kier alpha value is -2.83. The largest absolute Gasteiger partial charge is 0.341 e. The lowest BCUT2D eigenvalue weighted by molar-refractivity contribution is -0.127. The number of anilines is 1. The van der Waals surface area contributed by atoms with Crippen molar-refractivity contribution in [1.82, 2.24) is 20.0 Å². The van der Waals surface area contributed by atoms with E-state index in [0.717, 1.165) is 24.2 Å². The molecule has 1 atom stereocenters. The molecule has 7 nitrogen and oxygen atoms in total. The van der Waals surface area contributed by atoms with Crippen LogP contribution in [0.25, 0.3) is 0 Å². The quantitative estimate of drug-likeness (QED) is 0.844. The highest BCUT2D eigenvalue weighted by atomic mass is 16.2. The van der Waals surface area contributed by atoms with Crippen molar-refractivity contribution >= 4 is 17.6 Å². The Kier molecular flexibility index (Phi) is 5.33. The number of hydrogen-bond donors (Lipinski definition) is 2. The molecule has 3 rings (SSSR count). The maximum Gasteiger partial charge on any atom is 0.319 e. The molecule has 7 heteroatoms. The van der Waals surface area contributed by atoms with E-state index < -0.39 is 0 Å². The van der Waals surface area contributed by atoms with Gasteiger partial charge in [0.05, 0.1) is 6.54 Å². The number of likely N-dealkylation sites (tertiary alicyclic amines) is 1. The van der Waals surface area contributed by atoms with Crippen molar-refractivity contribution < 1.29 is 9.59 Å². The Morgan fingerprint density at radius 1 is 1.32 bits per heavy atom. The predicted molar refractivity (Wildman–Crippen MR) is 95.2 cm³/mol. The molecule has 0 aliphatic carbocycles. The highest BCUT2D eigenvalue weighted by Crippen LogP contribution is 2.16. The average Bonchev–Trinajstić information content (AvgIpc) is 3.22. The van der Waals surface area contributed by atoms with Gasteiger partial charge in [0.25, 0.3) is 0 Å². The van der Waals surface area contributed by atoms with Crippen molar-refractivity contribution in [3.8, 4) is 0 Å². The summed E-state index contributed by atoms with van der Waals surface area (Å²) in [5, 5.41) is 9.99. The first kappa shape index (κ1) is 17.0. The summed E-state index contributed by atoms with van der Waals surface area (Å²) in [4.78, 5) is 25.8. The molecule has 1 aromatic carbocycles. The van der Waals surface area contributed by atoms with Gasteiger partial charge in [0.15, 0.2) is 0 Å². The van der Waals surface area contributed by atoms with Gasteiger partial charge < -0.3 is 15.5 Å². The number of carbonyl (C=O) groups is 2. The van der Waals surface area contributed by atoms with Crippen LogP contribution >= 0.6 is 0 Å². The summed E-state index contributed by atoms with van der Waals surface area (Å²) in [6, 6.07) is 9.13. The van der Waals surface area contributed by atoms with E-state index in [9.17, 15) is 9.59 Å². The maximum absolute atomic E-state index is 12.3. The standard InChI is InChI=1S/C18H23N5O2/c1-14(12-22-10-4-8-17(22)24)20-18(25)21-16-7-3-2-6-15(16)13-23-11-5-9-19-23/h2-3,5-7,9,11,14H,4,8,10,12-13H2,1H3,(H2,20,21,25)/t14-/m1/s1. The summed E-state index contributed by atoms with van der Waals surface area (Å²) in [6.45, 7) is 3.81. The summed E-state index contributed by atoms with van der Waals surface area (Å²) < 4.78 is 1.81. The fourth-order valence-corrected chi connectivity index (χ4v) is 3.00. The van der Waals surface area contributed by atoms with E-state index in [1.54, 1.807) is 15.8 Å². The zero-order valence-corrected chi connectivity index (χ0v) is 14.3. The van der Waals surface area contributed by atoms with E-state index in [0.29, 0.717) is 19.5 Å². The van der Waals surface area contributed by atoms with Gasteiger partial charge in [0.1, 0.15) is 0 Å². The first-order valence-electron chi connectivity index (χ1n) is 8.52. The molecule has 1 aromatic heterocycles. The van der Waals surface area contributed by atoms with Crippen LogP contribution in [0.3, 0.4) is 0 Å². The number of hydrogen-bond acceptors (Lipinski definition) is 3. The van der Waals surface area contributed by atoms with E-state index in [4.69, 9.17) is 0 Å². The molecule has 2 N–H and O–H groups in total. The van der Waals surface area contributed by atoms with Crippen molar-refractivity contribution in [3.63, 3.8) is 0 Å². The van der Waals surface area contributed by atoms with Crippen molar-refractivity contribution in [2.45, 2.75) is 32.4 Å². The van der Waals surface area contributed by atoms with Gasteiger partial charge in [0, 0.05) is 43.6 Å². The van der Waals surface area contributed by atoms with Gasteiger partial charge in [-0.2, -0.15) is 5.10 Å². The molecule has 2 heterocycles. The Morgan fingerprint density at radius 3 is 2.88 bits per heavy atom. The van der Waals surface area contributed by atoms with E-state index in [2.05, 4.69) is 15.7 Å². The molecule has 1 aliphatic heterocycles. The lowest BCUT2D eigenvalue weighted by Gasteiger charge is -2.22. The number of carbonyl (C=O) groups excluding carboxylic acids is 2. The summed E-state index contributed by atoms with van der Waals surface area (Å²) in [5.41, 5.74) is 1.73. The van der Waals surface area contributed by atoms with Gasteiger partial charge in [-0.3, -0.25) is 9.48 Å². The Bertz CT molecular complexity index is 729. The number of aromatic nitrogens is 2. The number of urea groups is 1. The van der Waals surface area contributed by atoms with Crippen LogP contribution in [0.15, 0.2) is 42.7 Å². The van der Waals surface area contributed by atoms with Gasteiger partial charge in [-0.05, 0) is 31.0 Å². The smallest absolute Gasteiger partial charge is 0.319 e. The van der Waals surface area contributed by atoms with Crippen LogP contribution in [0.5, 0.6) is 0 Å². The Labute approximate surface area is 147 Å². The molecule has 25 heavy (non-hydrogen) atoms. The minimum Gasteiger partial charge on any atom is -0.341 e. The fraction of sp³-hybridized carbons (Fsp3) is 0.389. The number of para-hydroxylation sites is 1. The Morgan fingerprint density at radius 2 is 2.16 bits per heavy atom. The molecular weight excluding hydrogens is 318 g/mol. The number of rotatable bonds is 6. The molecule has 2 aromatic rings. The molecule has 0 bridgehead atoms. The van der Waals surface area contributed by atoms with Crippen LogP contribution in [0.4, 0.5) is 10.5 Å². The first-order chi connectivity index (χ1) is 12.1. The second-order valence-electron chi connectivity index (χ2n) is 6.30. The molecule has 1 fully saturated rings. The average molecular weight is 341 g/mol. The van der Waals surface area contributed by atoms with E-state index >= 15 is 0 Å². The summed E-state index contributed by atoms with van der Waals surface area (Å²) in [5.74, 6) is 0.165. The third-order valence-electron chi connectivity index (χ3n) is 4.20. The minimum absolute atomic E-state index is 0.111. The van der Waals surface area contributed by atoms with Gasteiger partial charge in [0.2, 0.25) is 5.91 Å². The molecule has 0 saturated carbocycles. The minimum atomic E-state index is -0.271. The molecule has 1 aliphatic rings. The number of nitrogens with zero attached hydrogens (tertiary/aromatic N) is 3. The predicted octanol–water partition coefficient (Wildman–Crippen LogP) is 2.06. The summed E-state index contributed by atoms with van der Waals surface area (Å²) >= 11 is 0. The second-order valence-corrected chi connectivity index (χ2v) is 6.30. The molecule has 3 amide bonds. The van der Waals surface area contributed by atoms with Gasteiger partial charge in [-0.15, -0.1) is 0 Å². The van der Waals surface area contributed by atoms with Crippen LogP contribution in [0, 0.1) is 0 Å². The van der Waals surface area contributed by atoms with Crippen molar-refractivity contribution in [2.24, 2.45) is 0 Å². The third-order valence-corrected chi connectivity index (χ3v) is 4.20. The molecule has 1 saturated heterocycles. The van der Waals surface area contributed by atoms with Crippen LogP contribution in [-0.2, 0) is 11.3 Å². The topological polar surface area (TPSA) is 79.3 Å². The van der Waals surface area contributed by atoms with E-state index in [-0.39, 0.29) is 18.0 Å². The molecular formula is C18H23N5O2. The zero-order valence-electron chi connectivity index (χ0n) is 14.3. The molecule has 0 radical (unpaired) electrons. The number of nitrogens with one attached hydrogen (secondary N) is 2. The van der Waals surface area contributed by atoms with Crippen LogP contribution < -0.4 is 10.6 Å². The first-order valence-corrected chi connectivity index (χ1v) is 8.52. The highest BCUT2D eigenvalue weighted by molar-refractivity contribution is 5.90. The van der Waals surface area contributed by atoms with Gasteiger partial charge >= 0.3 is 6.03 Å². The van der Waals surface area contributed by atoms with Crippen LogP contribution in [0.1, 0.15) is 25.3 Å². The number of amides is 3. The fourth-order valence-electron chi connectivity index (χ4n) is 3.00. The van der Waals surface area contributed by atoms with Crippen molar-refractivity contribution in [3.05, 3.63) is 48.3 Å². The SMILES string of the molecule is C[C@H](CN1CCCC1=O)NC(=O)Nc1ccccc1Cn1cccn1. The second kappa shape index (κ2) is 7.83. The lowest BCUT2D eigenvalue weighted by atomic mass is 10.2. The zero-order chi connectivity index (χ0) is 17.6. The number of benzene rings is 1. The lowest BCUT2D eigenvalue weighted by Crippen LogP contribution is -2.44. The van der Waals surface area contributed by atoms with E-state index in [1.807, 2.05) is 43.5 Å². The Balaban J connectivity index is 1.56. The molecule has 132 valence electrons. The van der Waals surface area contributed by atoms with Crippen molar-refractivity contribution in [2.75, 3.05) is 18.4 Å². The summed E-state index contributed by atoms with van der Waals surface area (Å²) in [6.07, 6.45) is 5.12. The summed E-state index contributed by atoms with van der Waals surface area (Å²) in [7, 11) is 0. The maximum atomic E-state index is 12.3. The van der Waals surface area contributed by atoms with Gasteiger partial charge in [-0.1, -0.05) is 18.2 Å². The van der Waals surface area contributed by atoms with Crippen LogP contribution in [-0.4, -0.2) is 45.8 Å². The third kappa shape index (κ3) is 4.59.